The number of benzene rings is 1. The van der Waals surface area contributed by atoms with Crippen LogP contribution in [0.3, 0.4) is 0 Å². The van der Waals surface area contributed by atoms with Crippen LogP contribution in [0.4, 0.5) is 0 Å². The fourth-order valence-electron chi connectivity index (χ4n) is 3.45. The summed E-state index contributed by atoms with van der Waals surface area (Å²) in [4.78, 5) is 0.254. The van der Waals surface area contributed by atoms with Crippen LogP contribution in [-0.2, 0) is 24.3 Å². The Balaban J connectivity index is 1.75. The van der Waals surface area contributed by atoms with E-state index in [0.29, 0.717) is 23.4 Å². The molecule has 0 atom stereocenters. The van der Waals surface area contributed by atoms with Crippen molar-refractivity contribution >= 4 is 31.7 Å². The lowest BCUT2D eigenvalue weighted by Crippen LogP contribution is -2.30. The Morgan fingerprint density at radius 2 is 1.52 bits per heavy atom. The van der Waals surface area contributed by atoms with Crippen LogP contribution in [-0.4, -0.2) is 47.6 Å². The molecule has 1 aliphatic rings. The number of halogens is 1. The van der Waals surface area contributed by atoms with Gasteiger partial charge in [-0.2, -0.15) is 8.42 Å². The summed E-state index contributed by atoms with van der Waals surface area (Å²) in [5, 5.41) is 0.510. The normalized spacial score (nSPS) is 21.5. The third kappa shape index (κ3) is 7.34. The molecule has 0 aromatic heterocycles. The van der Waals surface area contributed by atoms with Crippen molar-refractivity contribution in [3.63, 3.8) is 0 Å². The van der Waals surface area contributed by atoms with E-state index in [4.69, 9.17) is 15.8 Å². The molecule has 0 N–H and O–H groups in total. The number of rotatable bonds is 9. The Hall–Kier alpha value is -0.670. The van der Waals surface area contributed by atoms with Gasteiger partial charge in [0.2, 0.25) is 10.0 Å². The van der Waals surface area contributed by atoms with Crippen molar-refractivity contribution in [2.24, 2.45) is 11.8 Å². The van der Waals surface area contributed by atoms with Crippen molar-refractivity contribution in [2.75, 3.05) is 26.5 Å². The minimum Gasteiger partial charge on any atom is -0.270 e. The molecule has 9 heteroatoms. The van der Waals surface area contributed by atoms with Crippen LogP contribution in [0.15, 0.2) is 29.2 Å². The van der Waals surface area contributed by atoms with Gasteiger partial charge in [0, 0.05) is 18.6 Å². The molecule has 0 unspecified atom stereocenters. The number of sulfonamides is 1. The van der Waals surface area contributed by atoms with E-state index >= 15 is 0 Å². The summed E-state index contributed by atoms with van der Waals surface area (Å²) in [5.41, 5.74) is 0. The van der Waals surface area contributed by atoms with E-state index in [-0.39, 0.29) is 11.5 Å². The second-order valence-corrected chi connectivity index (χ2v) is 11.4. The summed E-state index contributed by atoms with van der Waals surface area (Å²) < 4.78 is 53.4. The SMILES string of the molecule is CN(CCC1CCC(CCOS(C)(=O)=O)CC1)S(=O)(=O)c1ccc(Cl)cc1. The standard InChI is InChI=1S/C18H28ClNO5S2/c1-20(27(23,24)18-9-7-17(19)8-10-18)13-11-15-3-5-16(6-4-15)12-14-25-26(2,21)22/h7-10,15-16H,3-6,11-14H2,1-2H3. The van der Waals surface area contributed by atoms with Crippen molar-refractivity contribution in [3.8, 4) is 0 Å². The van der Waals surface area contributed by atoms with E-state index in [0.717, 1.165) is 44.8 Å². The van der Waals surface area contributed by atoms with E-state index in [1.165, 1.54) is 16.4 Å². The van der Waals surface area contributed by atoms with Crippen molar-refractivity contribution in [2.45, 2.75) is 43.4 Å². The summed E-state index contributed by atoms with van der Waals surface area (Å²) in [6.45, 7) is 0.730. The van der Waals surface area contributed by atoms with Crippen molar-refractivity contribution in [1.82, 2.24) is 4.31 Å². The summed E-state index contributed by atoms with van der Waals surface area (Å²) in [5.74, 6) is 0.985. The van der Waals surface area contributed by atoms with Crippen LogP contribution >= 0.6 is 11.6 Å². The topological polar surface area (TPSA) is 80.8 Å². The molecular weight excluding hydrogens is 410 g/mol. The zero-order valence-electron chi connectivity index (χ0n) is 15.8. The quantitative estimate of drug-likeness (QED) is 0.552. The third-order valence-electron chi connectivity index (χ3n) is 5.16. The number of hydrogen-bond donors (Lipinski definition) is 0. The lowest BCUT2D eigenvalue weighted by Gasteiger charge is -2.29. The lowest BCUT2D eigenvalue weighted by molar-refractivity contribution is 0.211. The predicted molar refractivity (Wildman–Crippen MR) is 107 cm³/mol. The van der Waals surface area contributed by atoms with Gasteiger partial charge in [0.05, 0.1) is 17.8 Å². The fourth-order valence-corrected chi connectivity index (χ4v) is 5.16. The van der Waals surface area contributed by atoms with Gasteiger partial charge in [-0.05, 0) is 48.9 Å². The molecule has 1 aliphatic carbocycles. The van der Waals surface area contributed by atoms with Crippen molar-refractivity contribution < 1.29 is 21.0 Å². The highest BCUT2D eigenvalue weighted by molar-refractivity contribution is 7.89. The molecule has 0 bridgehead atoms. The highest BCUT2D eigenvalue weighted by Gasteiger charge is 2.25. The van der Waals surface area contributed by atoms with Crippen LogP contribution in [0, 0.1) is 11.8 Å². The summed E-state index contributed by atoms with van der Waals surface area (Å²) >= 11 is 5.82. The first-order chi connectivity index (χ1) is 12.6. The molecule has 0 spiro atoms. The van der Waals surface area contributed by atoms with Gasteiger partial charge in [-0.25, -0.2) is 12.7 Å². The first-order valence-corrected chi connectivity index (χ1v) is 12.8. The maximum atomic E-state index is 12.6. The van der Waals surface area contributed by atoms with E-state index in [9.17, 15) is 16.8 Å². The maximum Gasteiger partial charge on any atom is 0.264 e. The minimum absolute atomic E-state index is 0.246. The average Bonchev–Trinajstić information content (AvgIpc) is 2.60. The van der Waals surface area contributed by atoms with E-state index < -0.39 is 20.1 Å². The number of hydrogen-bond acceptors (Lipinski definition) is 5. The zero-order valence-corrected chi connectivity index (χ0v) is 18.2. The summed E-state index contributed by atoms with van der Waals surface area (Å²) in [6, 6.07) is 6.21. The van der Waals surface area contributed by atoms with Crippen LogP contribution < -0.4 is 0 Å². The van der Waals surface area contributed by atoms with E-state index in [1.807, 2.05) is 0 Å². The summed E-state index contributed by atoms with van der Waals surface area (Å²) in [7, 11) is -5.25. The van der Waals surface area contributed by atoms with Gasteiger partial charge < -0.3 is 0 Å². The van der Waals surface area contributed by atoms with Crippen LogP contribution in [0.5, 0.6) is 0 Å². The molecule has 1 aromatic rings. The molecule has 1 aromatic carbocycles. The van der Waals surface area contributed by atoms with Crippen LogP contribution in [0.25, 0.3) is 0 Å². The first kappa shape index (κ1) is 22.6. The predicted octanol–water partition coefficient (Wildman–Crippen LogP) is 3.52. The molecular formula is C18H28ClNO5S2. The van der Waals surface area contributed by atoms with Crippen LogP contribution in [0.2, 0.25) is 5.02 Å². The Kier molecular flexibility index (Phi) is 8.12. The minimum atomic E-state index is -3.49. The second kappa shape index (κ2) is 9.69. The Morgan fingerprint density at radius 1 is 1.00 bits per heavy atom. The van der Waals surface area contributed by atoms with E-state index in [1.54, 1.807) is 19.2 Å². The molecule has 2 rings (SSSR count). The monoisotopic (exact) mass is 437 g/mol. The highest BCUT2D eigenvalue weighted by atomic mass is 35.5. The Morgan fingerprint density at radius 3 is 2.04 bits per heavy atom. The first-order valence-electron chi connectivity index (χ1n) is 9.14. The second-order valence-electron chi connectivity index (χ2n) is 7.27. The van der Waals surface area contributed by atoms with Crippen molar-refractivity contribution in [3.05, 3.63) is 29.3 Å². The molecule has 6 nitrogen and oxygen atoms in total. The van der Waals surface area contributed by atoms with Gasteiger partial charge in [0.15, 0.2) is 0 Å². The molecule has 1 saturated carbocycles. The van der Waals surface area contributed by atoms with Gasteiger partial charge >= 0.3 is 0 Å². The maximum absolute atomic E-state index is 12.6. The largest absolute Gasteiger partial charge is 0.270 e. The number of nitrogens with zero attached hydrogens (tertiary/aromatic N) is 1. The summed E-state index contributed by atoms with van der Waals surface area (Å²) in [6.07, 6.45) is 6.80. The molecule has 0 radical (unpaired) electrons. The van der Waals surface area contributed by atoms with Crippen LogP contribution in [0.1, 0.15) is 38.5 Å². The molecule has 154 valence electrons. The van der Waals surface area contributed by atoms with Gasteiger partial charge in [0.25, 0.3) is 10.1 Å². The molecule has 0 aliphatic heterocycles. The van der Waals surface area contributed by atoms with E-state index in [2.05, 4.69) is 0 Å². The third-order valence-corrected chi connectivity index (χ3v) is 7.88. The van der Waals surface area contributed by atoms with Gasteiger partial charge in [-0.3, -0.25) is 4.18 Å². The van der Waals surface area contributed by atoms with Gasteiger partial charge in [-0.15, -0.1) is 0 Å². The molecule has 1 fully saturated rings. The Labute approximate surface area is 168 Å². The molecule has 27 heavy (non-hydrogen) atoms. The lowest BCUT2D eigenvalue weighted by atomic mass is 9.79. The Bertz CT molecular complexity index is 801. The molecule has 0 saturated heterocycles. The fraction of sp³-hybridized carbons (Fsp3) is 0.667. The smallest absolute Gasteiger partial charge is 0.264 e. The average molecular weight is 438 g/mol. The van der Waals surface area contributed by atoms with Crippen molar-refractivity contribution in [1.29, 1.82) is 0 Å². The van der Waals surface area contributed by atoms with Gasteiger partial charge in [-0.1, -0.05) is 37.3 Å². The van der Waals surface area contributed by atoms with Gasteiger partial charge in [0.1, 0.15) is 0 Å². The highest BCUT2D eigenvalue weighted by Crippen LogP contribution is 2.33. The molecule has 0 amide bonds. The zero-order chi connectivity index (χ0) is 20.1. The molecule has 0 heterocycles.